The van der Waals surface area contributed by atoms with Gasteiger partial charge >= 0.3 is 0 Å². The molecule has 0 saturated heterocycles. The summed E-state index contributed by atoms with van der Waals surface area (Å²) in [7, 11) is 4.79. The van der Waals surface area contributed by atoms with Crippen LogP contribution in [0.4, 0.5) is 5.69 Å². The number of carbonyl (C=O) groups is 1. The number of carbonyl (C=O) groups excluding carboxylic acids is 1. The largest absolute Gasteiger partial charge is 0.497 e. The second-order valence-corrected chi connectivity index (χ2v) is 8.86. The summed E-state index contributed by atoms with van der Waals surface area (Å²) in [6.45, 7) is 0. The molecule has 176 valence electrons. The smallest absolute Gasteiger partial charge is 0.191 e. The molecule has 0 saturated carbocycles. The average Bonchev–Trinajstić information content (AvgIpc) is 3.29. The first-order valence-corrected chi connectivity index (χ1v) is 12.1. The number of fused-ring (bicyclic) bond motifs is 1. The van der Waals surface area contributed by atoms with Gasteiger partial charge in [-0.15, -0.1) is 11.8 Å². The summed E-state index contributed by atoms with van der Waals surface area (Å²) in [6.07, 6.45) is 3.71. The van der Waals surface area contributed by atoms with E-state index in [-0.39, 0.29) is 5.78 Å². The first kappa shape index (κ1) is 23.9. The molecule has 0 aliphatic carbocycles. The molecule has 1 unspecified atom stereocenters. The maximum atomic E-state index is 14.0. The fourth-order valence-corrected chi connectivity index (χ4v) is 4.50. The molecule has 0 amide bonds. The molecule has 0 spiro atoms. The average molecular weight is 497 g/mol. The van der Waals surface area contributed by atoms with Crippen LogP contribution in [0.5, 0.6) is 17.2 Å². The van der Waals surface area contributed by atoms with E-state index in [1.54, 1.807) is 51.4 Å². The third-order valence-electron chi connectivity index (χ3n) is 5.59. The number of benzene rings is 3. The van der Waals surface area contributed by atoms with Crippen LogP contribution in [-0.2, 0) is 0 Å². The van der Waals surface area contributed by atoms with Crippen molar-refractivity contribution in [3.8, 4) is 17.2 Å². The van der Waals surface area contributed by atoms with Crippen LogP contribution >= 0.6 is 23.4 Å². The lowest BCUT2D eigenvalue weighted by atomic mass is 9.95. The number of methoxy groups -OCH3 is 3. The van der Waals surface area contributed by atoms with Crippen LogP contribution in [0.25, 0.3) is 10.9 Å². The van der Waals surface area contributed by atoms with E-state index in [4.69, 9.17) is 25.8 Å². The van der Waals surface area contributed by atoms with Crippen LogP contribution in [0.2, 0.25) is 5.02 Å². The molecule has 4 rings (SSSR count). The highest BCUT2D eigenvalue weighted by Gasteiger charge is 2.28. The molecule has 3 aromatic carbocycles. The molecule has 1 aromatic heterocycles. The SMILES string of the molecule is COc1cc(NC(C(=O)c2c[nH]c3cc(OC)ccc23)c2ccc(Cl)cc2OC)cc(SC)c1. The number of Topliss-reactive ketones (excluding diaryl/α,β-unsaturated/α-hetero) is 1. The topological polar surface area (TPSA) is 72.6 Å². The fraction of sp³-hybridized carbons (Fsp3) is 0.192. The number of anilines is 1. The Bertz CT molecular complexity index is 1320. The Morgan fingerprint density at radius 2 is 1.76 bits per heavy atom. The van der Waals surface area contributed by atoms with Crippen molar-refractivity contribution in [3.63, 3.8) is 0 Å². The van der Waals surface area contributed by atoms with Crippen LogP contribution in [0.15, 0.2) is 65.7 Å². The monoisotopic (exact) mass is 496 g/mol. The summed E-state index contributed by atoms with van der Waals surface area (Å²) in [5.41, 5.74) is 2.80. The molecule has 8 heteroatoms. The highest BCUT2D eigenvalue weighted by Crippen LogP contribution is 2.36. The lowest BCUT2D eigenvalue weighted by Gasteiger charge is -2.22. The third-order valence-corrected chi connectivity index (χ3v) is 6.53. The Labute approximate surface area is 207 Å². The standard InChI is InChI=1S/C26H25ClN2O4S/c1-31-17-6-8-20-22(14-28-23(20)13-17)26(30)25(21-7-5-15(27)9-24(21)33-3)29-16-10-18(32-2)12-19(11-16)34-4/h5-14,25,28-29H,1-4H3. The fourth-order valence-electron chi connectivity index (χ4n) is 3.86. The van der Waals surface area contributed by atoms with Crippen molar-refractivity contribution in [3.05, 3.63) is 76.9 Å². The van der Waals surface area contributed by atoms with Gasteiger partial charge in [-0.3, -0.25) is 4.79 Å². The Morgan fingerprint density at radius 1 is 0.971 bits per heavy atom. The predicted octanol–water partition coefficient (Wildman–Crippen LogP) is 6.61. The quantitative estimate of drug-likeness (QED) is 0.201. The van der Waals surface area contributed by atoms with Crippen LogP contribution in [0, 0.1) is 0 Å². The number of hydrogen-bond acceptors (Lipinski definition) is 6. The van der Waals surface area contributed by atoms with Crippen LogP contribution in [-0.4, -0.2) is 38.4 Å². The molecular formula is C26H25ClN2O4S. The number of nitrogens with one attached hydrogen (secondary N) is 2. The molecule has 1 atom stereocenters. The van der Waals surface area contributed by atoms with Gasteiger partial charge in [0.15, 0.2) is 5.78 Å². The van der Waals surface area contributed by atoms with Gasteiger partial charge in [-0.25, -0.2) is 0 Å². The van der Waals surface area contributed by atoms with Gasteiger partial charge in [0.05, 0.1) is 21.3 Å². The summed E-state index contributed by atoms with van der Waals surface area (Å²) in [4.78, 5) is 18.2. The van der Waals surface area contributed by atoms with E-state index in [0.29, 0.717) is 33.4 Å². The van der Waals surface area contributed by atoms with E-state index in [2.05, 4.69) is 10.3 Å². The highest BCUT2D eigenvalue weighted by atomic mass is 35.5. The number of aromatic amines is 1. The summed E-state index contributed by atoms with van der Waals surface area (Å²) < 4.78 is 16.4. The van der Waals surface area contributed by atoms with Gasteiger partial charge in [0.25, 0.3) is 0 Å². The summed E-state index contributed by atoms with van der Waals surface area (Å²) >= 11 is 7.80. The van der Waals surface area contributed by atoms with Gasteiger partial charge < -0.3 is 24.5 Å². The maximum Gasteiger partial charge on any atom is 0.191 e. The van der Waals surface area contributed by atoms with E-state index in [1.807, 2.05) is 48.7 Å². The van der Waals surface area contributed by atoms with Crippen molar-refractivity contribution in [1.29, 1.82) is 0 Å². The number of ether oxygens (including phenoxy) is 3. The minimum absolute atomic E-state index is 0.120. The number of halogens is 1. The summed E-state index contributed by atoms with van der Waals surface area (Å²) in [5, 5.41) is 4.74. The lowest BCUT2D eigenvalue weighted by Crippen LogP contribution is -2.22. The molecule has 0 aliphatic rings. The summed E-state index contributed by atoms with van der Waals surface area (Å²) in [6, 6.07) is 15.9. The van der Waals surface area contributed by atoms with Crippen LogP contribution in [0.3, 0.4) is 0 Å². The molecule has 0 aliphatic heterocycles. The number of ketones is 1. The second kappa shape index (κ2) is 10.3. The third kappa shape index (κ3) is 4.81. The molecule has 6 nitrogen and oxygen atoms in total. The maximum absolute atomic E-state index is 14.0. The van der Waals surface area contributed by atoms with Crippen molar-refractivity contribution < 1.29 is 19.0 Å². The first-order valence-electron chi connectivity index (χ1n) is 10.5. The van der Waals surface area contributed by atoms with Crippen molar-refractivity contribution in [2.45, 2.75) is 10.9 Å². The molecule has 1 heterocycles. The van der Waals surface area contributed by atoms with Crippen LogP contribution in [0.1, 0.15) is 22.0 Å². The highest BCUT2D eigenvalue weighted by molar-refractivity contribution is 7.98. The number of thioether (sulfide) groups is 1. The molecule has 0 radical (unpaired) electrons. The molecule has 4 aromatic rings. The zero-order chi connectivity index (χ0) is 24.2. The minimum Gasteiger partial charge on any atom is -0.497 e. The zero-order valence-electron chi connectivity index (χ0n) is 19.3. The van der Waals surface area contributed by atoms with Gasteiger partial charge in [-0.1, -0.05) is 17.7 Å². The molecule has 2 N–H and O–H groups in total. The normalized spacial score (nSPS) is 11.8. The predicted molar refractivity (Wildman–Crippen MR) is 138 cm³/mol. The summed E-state index contributed by atoms with van der Waals surface area (Å²) in [5.74, 6) is 1.81. The van der Waals surface area contributed by atoms with Gasteiger partial charge in [0, 0.05) is 56.0 Å². The number of rotatable bonds is 9. The second-order valence-electron chi connectivity index (χ2n) is 7.54. The Kier molecular flexibility index (Phi) is 7.24. The van der Waals surface area contributed by atoms with Crippen molar-refractivity contribution in [2.75, 3.05) is 32.9 Å². The van der Waals surface area contributed by atoms with Crippen molar-refractivity contribution in [1.82, 2.24) is 4.98 Å². The zero-order valence-corrected chi connectivity index (χ0v) is 20.8. The molecular weight excluding hydrogens is 472 g/mol. The number of aromatic nitrogens is 1. The number of H-pyrrole nitrogens is 1. The Morgan fingerprint density at radius 3 is 2.47 bits per heavy atom. The van der Waals surface area contributed by atoms with E-state index in [0.717, 1.165) is 21.5 Å². The molecule has 34 heavy (non-hydrogen) atoms. The van der Waals surface area contributed by atoms with Crippen molar-refractivity contribution >= 4 is 45.7 Å². The first-order chi connectivity index (χ1) is 16.5. The minimum atomic E-state index is -0.741. The van der Waals surface area contributed by atoms with Crippen molar-refractivity contribution in [2.24, 2.45) is 0 Å². The van der Waals surface area contributed by atoms with Gasteiger partial charge in [-0.05, 0) is 42.7 Å². The number of hydrogen-bond donors (Lipinski definition) is 2. The van der Waals surface area contributed by atoms with Crippen LogP contribution < -0.4 is 19.5 Å². The van der Waals surface area contributed by atoms with E-state index < -0.39 is 6.04 Å². The molecule has 0 fully saturated rings. The Balaban J connectivity index is 1.83. The van der Waals surface area contributed by atoms with E-state index in [1.165, 1.54) is 0 Å². The van der Waals surface area contributed by atoms with Gasteiger partial charge in [0.1, 0.15) is 23.3 Å². The Hall–Kier alpha value is -3.29. The van der Waals surface area contributed by atoms with E-state index in [9.17, 15) is 4.79 Å². The lowest BCUT2D eigenvalue weighted by molar-refractivity contribution is 0.0970. The van der Waals surface area contributed by atoms with Gasteiger partial charge in [0.2, 0.25) is 0 Å². The van der Waals surface area contributed by atoms with Gasteiger partial charge in [-0.2, -0.15) is 0 Å². The van der Waals surface area contributed by atoms with E-state index >= 15 is 0 Å². The molecule has 0 bridgehead atoms.